The van der Waals surface area contributed by atoms with Gasteiger partial charge in [0.15, 0.2) is 5.84 Å². The molecule has 2 aromatic rings. The molecular weight excluding hydrogens is 406 g/mol. The minimum absolute atomic E-state index is 0.00289. The summed E-state index contributed by atoms with van der Waals surface area (Å²) in [5.41, 5.74) is 5.79. The number of aromatic nitrogens is 2. The van der Waals surface area contributed by atoms with Crippen LogP contribution in [0.3, 0.4) is 0 Å². The van der Waals surface area contributed by atoms with Gasteiger partial charge < -0.3 is 15.2 Å². The van der Waals surface area contributed by atoms with Gasteiger partial charge in [-0.05, 0) is 39.0 Å². The normalized spacial score (nSPS) is 13.9. The Labute approximate surface area is 177 Å². The molecule has 0 saturated carbocycles. The molecule has 11 heteroatoms. The van der Waals surface area contributed by atoms with Crippen molar-refractivity contribution in [3.63, 3.8) is 0 Å². The van der Waals surface area contributed by atoms with Crippen LogP contribution in [0, 0.1) is 0 Å². The standard InChI is InChI=1S/C20H21N5O6/c1-20(2,3)31-19(28)22-16(21)14-8-9-15(24-23-14)29-10-11-30-25-17(26)12-6-4-5-7-13(12)18(25)27/h4-9H,10-11H2,1-3H3,(H2,21,22,28). The Bertz CT molecular complexity index is 994. The van der Waals surface area contributed by atoms with E-state index in [1.165, 1.54) is 12.1 Å². The third-order valence-electron chi connectivity index (χ3n) is 3.82. The highest BCUT2D eigenvalue weighted by Crippen LogP contribution is 2.22. The Morgan fingerprint density at radius 1 is 1.03 bits per heavy atom. The number of carbonyl (C=O) groups is 3. The largest absolute Gasteiger partial charge is 0.474 e. The quantitative estimate of drug-likeness (QED) is 0.315. The van der Waals surface area contributed by atoms with Crippen LogP contribution in [0.15, 0.2) is 41.4 Å². The molecule has 162 valence electrons. The number of imide groups is 1. The number of ether oxygens (including phenoxy) is 2. The molecule has 0 atom stereocenters. The van der Waals surface area contributed by atoms with Crippen molar-refractivity contribution in [1.29, 1.82) is 0 Å². The molecule has 31 heavy (non-hydrogen) atoms. The summed E-state index contributed by atoms with van der Waals surface area (Å²) in [6.07, 6.45) is -0.836. The maximum Gasteiger partial charge on any atom is 0.436 e. The van der Waals surface area contributed by atoms with E-state index in [9.17, 15) is 14.4 Å². The molecule has 0 unspecified atom stereocenters. The van der Waals surface area contributed by atoms with Gasteiger partial charge in [-0.1, -0.05) is 12.1 Å². The van der Waals surface area contributed by atoms with Crippen molar-refractivity contribution in [2.75, 3.05) is 13.2 Å². The topological polar surface area (TPSA) is 146 Å². The number of carbonyl (C=O) groups excluding carboxylic acids is 3. The maximum absolute atomic E-state index is 12.2. The first-order valence-corrected chi connectivity index (χ1v) is 9.30. The van der Waals surface area contributed by atoms with Gasteiger partial charge in [0.25, 0.3) is 11.8 Å². The lowest BCUT2D eigenvalue weighted by molar-refractivity contribution is -0.0978. The van der Waals surface area contributed by atoms with Crippen molar-refractivity contribution in [3.8, 4) is 5.88 Å². The third kappa shape index (κ3) is 5.39. The number of aliphatic imine (C=N–C) groups is 1. The van der Waals surface area contributed by atoms with Crippen LogP contribution in [0.1, 0.15) is 47.2 Å². The van der Waals surface area contributed by atoms with Crippen molar-refractivity contribution < 1.29 is 28.7 Å². The zero-order chi connectivity index (χ0) is 22.6. The first kappa shape index (κ1) is 21.8. The Morgan fingerprint density at radius 2 is 1.68 bits per heavy atom. The minimum atomic E-state index is -0.836. The zero-order valence-corrected chi connectivity index (χ0v) is 17.2. The van der Waals surface area contributed by atoms with Crippen LogP contribution in [0.5, 0.6) is 5.88 Å². The van der Waals surface area contributed by atoms with Gasteiger partial charge in [-0.25, -0.2) is 4.79 Å². The highest BCUT2D eigenvalue weighted by Gasteiger charge is 2.36. The summed E-state index contributed by atoms with van der Waals surface area (Å²) in [5, 5.41) is 8.37. The maximum atomic E-state index is 12.2. The summed E-state index contributed by atoms with van der Waals surface area (Å²) in [5.74, 6) is -1.05. The molecule has 2 N–H and O–H groups in total. The number of amides is 3. The van der Waals surface area contributed by atoms with Crippen LogP contribution < -0.4 is 10.5 Å². The number of nitrogens with zero attached hydrogens (tertiary/aromatic N) is 4. The van der Waals surface area contributed by atoms with E-state index in [0.717, 1.165) is 0 Å². The summed E-state index contributed by atoms with van der Waals surface area (Å²) in [6.45, 7) is 5.06. The lowest BCUT2D eigenvalue weighted by atomic mass is 10.1. The SMILES string of the molecule is CC(C)(C)OC(=O)N=C(N)c1ccc(OCCON2C(=O)c3ccccc3C2=O)nn1. The van der Waals surface area contributed by atoms with E-state index >= 15 is 0 Å². The Hall–Kier alpha value is -3.86. The molecule has 0 radical (unpaired) electrons. The number of fused-ring (bicyclic) bond motifs is 1. The van der Waals surface area contributed by atoms with Gasteiger partial charge in [-0.3, -0.25) is 14.4 Å². The number of rotatable bonds is 6. The average molecular weight is 427 g/mol. The van der Waals surface area contributed by atoms with Crippen molar-refractivity contribution in [1.82, 2.24) is 15.3 Å². The van der Waals surface area contributed by atoms with Crippen molar-refractivity contribution >= 4 is 23.7 Å². The number of hydrogen-bond acceptors (Lipinski definition) is 8. The molecular formula is C20H21N5O6. The molecule has 1 aromatic carbocycles. The predicted octanol–water partition coefficient (Wildman–Crippen LogP) is 1.72. The Kier molecular flexibility index (Phi) is 6.25. The van der Waals surface area contributed by atoms with Gasteiger partial charge in [0.2, 0.25) is 5.88 Å². The van der Waals surface area contributed by atoms with Crippen LogP contribution in [0.4, 0.5) is 4.79 Å². The first-order chi connectivity index (χ1) is 14.7. The lowest BCUT2D eigenvalue weighted by Gasteiger charge is -2.17. The molecule has 0 saturated heterocycles. The molecule has 0 bridgehead atoms. The summed E-state index contributed by atoms with van der Waals surface area (Å²) in [7, 11) is 0. The highest BCUT2D eigenvalue weighted by molar-refractivity contribution is 6.20. The van der Waals surface area contributed by atoms with Gasteiger partial charge in [0.1, 0.15) is 24.5 Å². The summed E-state index contributed by atoms with van der Waals surface area (Å²) in [6, 6.07) is 9.40. The van der Waals surface area contributed by atoms with Gasteiger partial charge in [0, 0.05) is 6.07 Å². The van der Waals surface area contributed by atoms with Crippen molar-refractivity contribution in [2.24, 2.45) is 10.7 Å². The predicted molar refractivity (Wildman–Crippen MR) is 107 cm³/mol. The number of amidine groups is 1. The minimum Gasteiger partial charge on any atom is -0.474 e. The van der Waals surface area contributed by atoms with Crippen LogP contribution in [0.25, 0.3) is 0 Å². The second kappa shape index (κ2) is 8.88. The second-order valence-corrected chi connectivity index (χ2v) is 7.37. The van der Waals surface area contributed by atoms with E-state index in [-0.39, 0.29) is 30.6 Å². The fourth-order valence-electron chi connectivity index (χ4n) is 2.53. The second-order valence-electron chi connectivity index (χ2n) is 7.37. The number of hydroxylamine groups is 2. The van der Waals surface area contributed by atoms with E-state index in [2.05, 4.69) is 15.2 Å². The number of benzene rings is 1. The van der Waals surface area contributed by atoms with E-state index in [1.54, 1.807) is 45.0 Å². The van der Waals surface area contributed by atoms with Crippen LogP contribution >= 0.6 is 0 Å². The number of nitrogens with two attached hydrogens (primary N) is 1. The smallest absolute Gasteiger partial charge is 0.436 e. The Morgan fingerprint density at radius 3 is 2.23 bits per heavy atom. The van der Waals surface area contributed by atoms with Gasteiger partial charge in [-0.15, -0.1) is 15.3 Å². The Balaban J connectivity index is 1.49. The fourth-order valence-corrected chi connectivity index (χ4v) is 2.53. The van der Waals surface area contributed by atoms with Crippen LogP contribution in [-0.2, 0) is 9.57 Å². The van der Waals surface area contributed by atoms with Gasteiger partial charge >= 0.3 is 6.09 Å². The molecule has 3 rings (SSSR count). The molecule has 0 spiro atoms. The summed E-state index contributed by atoms with van der Waals surface area (Å²) < 4.78 is 10.4. The molecule has 3 amide bonds. The third-order valence-corrected chi connectivity index (χ3v) is 3.82. The zero-order valence-electron chi connectivity index (χ0n) is 17.2. The fraction of sp³-hybridized carbons (Fsp3) is 0.300. The number of hydrogen-bond donors (Lipinski definition) is 1. The van der Waals surface area contributed by atoms with Crippen molar-refractivity contribution in [3.05, 3.63) is 53.2 Å². The molecule has 1 aliphatic rings. The van der Waals surface area contributed by atoms with Gasteiger partial charge in [-0.2, -0.15) is 4.99 Å². The highest BCUT2D eigenvalue weighted by atomic mass is 16.7. The molecule has 2 heterocycles. The van der Waals surface area contributed by atoms with E-state index in [0.29, 0.717) is 16.2 Å². The molecule has 0 fully saturated rings. The molecule has 1 aromatic heterocycles. The van der Waals surface area contributed by atoms with Crippen LogP contribution in [-0.4, -0.2) is 57.8 Å². The van der Waals surface area contributed by atoms with E-state index < -0.39 is 23.5 Å². The molecule has 1 aliphatic heterocycles. The first-order valence-electron chi connectivity index (χ1n) is 9.30. The molecule has 0 aliphatic carbocycles. The average Bonchev–Trinajstić information content (AvgIpc) is 2.95. The van der Waals surface area contributed by atoms with Gasteiger partial charge in [0.05, 0.1) is 11.1 Å². The van der Waals surface area contributed by atoms with E-state index in [4.69, 9.17) is 20.0 Å². The van der Waals surface area contributed by atoms with Crippen LogP contribution in [0.2, 0.25) is 0 Å². The molecule has 11 nitrogen and oxygen atoms in total. The monoisotopic (exact) mass is 427 g/mol. The lowest BCUT2D eigenvalue weighted by Crippen LogP contribution is -2.31. The summed E-state index contributed by atoms with van der Waals surface area (Å²) >= 11 is 0. The van der Waals surface area contributed by atoms with Crippen molar-refractivity contribution in [2.45, 2.75) is 26.4 Å². The summed E-state index contributed by atoms with van der Waals surface area (Å²) in [4.78, 5) is 44.9. The van der Waals surface area contributed by atoms with E-state index in [1.807, 2.05) is 0 Å².